The van der Waals surface area contributed by atoms with Crippen LogP contribution >= 0.6 is 23.2 Å². The van der Waals surface area contributed by atoms with Crippen LogP contribution < -0.4 is 5.56 Å². The van der Waals surface area contributed by atoms with E-state index >= 15 is 0 Å². The molecule has 1 amide bonds. The third-order valence-corrected chi connectivity index (χ3v) is 4.38. The zero-order valence-electron chi connectivity index (χ0n) is 13.4. The lowest BCUT2D eigenvalue weighted by Crippen LogP contribution is -2.32. The predicted molar refractivity (Wildman–Crippen MR) is 99.2 cm³/mol. The van der Waals surface area contributed by atoms with E-state index in [1.165, 1.54) is 6.07 Å². The number of nitrogens with one attached hydrogen (secondary N) is 1. The molecule has 3 rings (SSSR count). The standard InChI is InChI=1S/C18H15Cl2N3O2/c1-2-23(18(25)12-8-7-11(19)9-14(12)20)10-16-21-15-6-4-3-5-13(15)17(24)22-16/h3-9H,2,10H2,1H3,(H,21,22,24). The van der Waals surface area contributed by atoms with Gasteiger partial charge in [0, 0.05) is 11.6 Å². The fourth-order valence-electron chi connectivity index (χ4n) is 2.55. The number of hydrogen-bond donors (Lipinski definition) is 1. The summed E-state index contributed by atoms with van der Waals surface area (Å²) in [5.74, 6) is 0.170. The van der Waals surface area contributed by atoms with E-state index in [-0.39, 0.29) is 23.0 Å². The molecule has 0 aliphatic rings. The minimum absolute atomic E-state index is 0.175. The lowest BCUT2D eigenvalue weighted by atomic mass is 10.2. The molecule has 1 aromatic heterocycles. The summed E-state index contributed by atoms with van der Waals surface area (Å²) in [5, 5.41) is 1.27. The summed E-state index contributed by atoms with van der Waals surface area (Å²) < 4.78 is 0. The van der Waals surface area contributed by atoms with Crippen molar-refractivity contribution in [3.05, 3.63) is 74.3 Å². The molecule has 3 aromatic rings. The van der Waals surface area contributed by atoms with Gasteiger partial charge in [0.25, 0.3) is 11.5 Å². The fourth-order valence-corrected chi connectivity index (χ4v) is 3.04. The molecule has 0 spiro atoms. The van der Waals surface area contributed by atoms with Gasteiger partial charge in [0.1, 0.15) is 5.82 Å². The Bertz CT molecular complexity index is 1000. The number of benzene rings is 2. The Morgan fingerprint density at radius 1 is 1.20 bits per heavy atom. The highest BCUT2D eigenvalue weighted by Crippen LogP contribution is 2.22. The van der Waals surface area contributed by atoms with Crippen molar-refractivity contribution in [2.45, 2.75) is 13.5 Å². The van der Waals surface area contributed by atoms with Gasteiger partial charge in [-0.3, -0.25) is 9.59 Å². The number of H-pyrrole nitrogens is 1. The first-order chi connectivity index (χ1) is 12.0. The minimum Gasteiger partial charge on any atom is -0.331 e. The predicted octanol–water partition coefficient (Wildman–Crippen LogP) is 3.89. The van der Waals surface area contributed by atoms with Crippen molar-refractivity contribution >= 4 is 40.0 Å². The van der Waals surface area contributed by atoms with Gasteiger partial charge in [-0.1, -0.05) is 35.3 Å². The average molecular weight is 376 g/mol. The van der Waals surface area contributed by atoms with Crippen molar-refractivity contribution in [3.8, 4) is 0 Å². The number of aromatic amines is 1. The largest absolute Gasteiger partial charge is 0.331 e. The van der Waals surface area contributed by atoms with Crippen molar-refractivity contribution in [2.75, 3.05) is 6.54 Å². The second-order valence-corrected chi connectivity index (χ2v) is 6.32. The van der Waals surface area contributed by atoms with Gasteiger partial charge in [0.15, 0.2) is 0 Å². The first-order valence-electron chi connectivity index (χ1n) is 7.72. The van der Waals surface area contributed by atoms with Crippen molar-refractivity contribution in [3.63, 3.8) is 0 Å². The van der Waals surface area contributed by atoms with Gasteiger partial charge >= 0.3 is 0 Å². The number of aromatic nitrogens is 2. The molecule has 128 valence electrons. The molecule has 0 unspecified atom stereocenters. The number of halogens is 2. The molecule has 25 heavy (non-hydrogen) atoms. The van der Waals surface area contributed by atoms with E-state index in [9.17, 15) is 9.59 Å². The van der Waals surface area contributed by atoms with Crippen molar-refractivity contribution in [1.82, 2.24) is 14.9 Å². The first kappa shape index (κ1) is 17.5. The number of rotatable bonds is 4. The monoisotopic (exact) mass is 375 g/mol. The Kier molecular flexibility index (Phi) is 5.06. The quantitative estimate of drug-likeness (QED) is 0.751. The maximum Gasteiger partial charge on any atom is 0.258 e. The minimum atomic E-state index is -0.250. The smallest absolute Gasteiger partial charge is 0.258 e. The number of para-hydroxylation sites is 1. The molecular weight excluding hydrogens is 361 g/mol. The van der Waals surface area contributed by atoms with Gasteiger partial charge in [-0.15, -0.1) is 0 Å². The molecule has 2 aromatic carbocycles. The lowest BCUT2D eigenvalue weighted by molar-refractivity contribution is 0.0748. The van der Waals surface area contributed by atoms with Gasteiger partial charge in [0.2, 0.25) is 0 Å². The SMILES string of the molecule is CCN(Cc1nc2ccccc2c(=O)[nH]1)C(=O)c1ccc(Cl)cc1Cl. The topological polar surface area (TPSA) is 66.1 Å². The summed E-state index contributed by atoms with van der Waals surface area (Å²) >= 11 is 12.0. The van der Waals surface area contributed by atoms with E-state index in [0.29, 0.717) is 33.9 Å². The van der Waals surface area contributed by atoms with Gasteiger partial charge in [-0.05, 0) is 37.3 Å². The molecular formula is C18H15Cl2N3O2. The van der Waals surface area contributed by atoms with Crippen LogP contribution in [-0.4, -0.2) is 27.3 Å². The van der Waals surface area contributed by atoms with E-state index in [2.05, 4.69) is 9.97 Å². The van der Waals surface area contributed by atoms with Crippen molar-refractivity contribution in [2.24, 2.45) is 0 Å². The molecule has 7 heteroatoms. The zero-order chi connectivity index (χ0) is 18.0. The van der Waals surface area contributed by atoms with Crippen LogP contribution in [0, 0.1) is 0 Å². The summed E-state index contributed by atoms with van der Waals surface area (Å²) in [7, 11) is 0. The van der Waals surface area contributed by atoms with E-state index in [1.807, 2.05) is 13.0 Å². The molecule has 0 atom stereocenters. The second kappa shape index (κ2) is 7.25. The number of nitrogens with zero attached hydrogens (tertiary/aromatic N) is 2. The molecule has 0 fully saturated rings. The highest BCUT2D eigenvalue weighted by Gasteiger charge is 2.19. The van der Waals surface area contributed by atoms with Gasteiger partial charge < -0.3 is 9.88 Å². The normalized spacial score (nSPS) is 10.8. The molecule has 0 aliphatic heterocycles. The number of carbonyl (C=O) groups is 1. The third kappa shape index (κ3) is 3.67. The van der Waals surface area contributed by atoms with E-state index in [0.717, 1.165) is 0 Å². The molecule has 0 saturated carbocycles. The molecule has 0 bridgehead atoms. The number of carbonyl (C=O) groups excluding carboxylic acids is 1. The van der Waals surface area contributed by atoms with Gasteiger partial charge in [-0.25, -0.2) is 4.98 Å². The van der Waals surface area contributed by atoms with Crippen LogP contribution in [0.3, 0.4) is 0 Å². The second-order valence-electron chi connectivity index (χ2n) is 5.47. The van der Waals surface area contributed by atoms with Crippen LogP contribution in [0.25, 0.3) is 10.9 Å². The number of fused-ring (bicyclic) bond motifs is 1. The highest BCUT2D eigenvalue weighted by atomic mass is 35.5. The van der Waals surface area contributed by atoms with Gasteiger partial charge in [-0.2, -0.15) is 0 Å². The number of hydrogen-bond acceptors (Lipinski definition) is 3. The van der Waals surface area contributed by atoms with Crippen LogP contribution in [0.2, 0.25) is 10.0 Å². The summed E-state index contributed by atoms with van der Waals surface area (Å²) in [6.07, 6.45) is 0. The lowest BCUT2D eigenvalue weighted by Gasteiger charge is -2.21. The van der Waals surface area contributed by atoms with Gasteiger partial charge in [0.05, 0.1) is 28.0 Å². The molecule has 1 N–H and O–H groups in total. The fraction of sp³-hybridized carbons (Fsp3) is 0.167. The average Bonchev–Trinajstić information content (AvgIpc) is 2.59. The Hall–Kier alpha value is -2.37. The van der Waals surface area contributed by atoms with E-state index < -0.39 is 0 Å². The first-order valence-corrected chi connectivity index (χ1v) is 8.47. The van der Waals surface area contributed by atoms with Crippen molar-refractivity contribution in [1.29, 1.82) is 0 Å². The number of amides is 1. The summed E-state index contributed by atoms with van der Waals surface area (Å²) in [6, 6.07) is 11.8. The van der Waals surface area contributed by atoms with Crippen LogP contribution in [0.4, 0.5) is 0 Å². The van der Waals surface area contributed by atoms with Crippen LogP contribution in [0.15, 0.2) is 47.3 Å². The molecule has 0 saturated heterocycles. The van der Waals surface area contributed by atoms with Crippen molar-refractivity contribution < 1.29 is 4.79 Å². The summed E-state index contributed by atoms with van der Waals surface area (Å²) in [4.78, 5) is 33.6. The zero-order valence-corrected chi connectivity index (χ0v) is 14.9. The maximum atomic E-state index is 12.7. The molecule has 0 radical (unpaired) electrons. The van der Waals surface area contributed by atoms with Crippen LogP contribution in [-0.2, 0) is 6.54 Å². The Labute approximate surface area is 154 Å². The third-order valence-electron chi connectivity index (χ3n) is 3.83. The Balaban J connectivity index is 1.92. The maximum absolute atomic E-state index is 12.7. The van der Waals surface area contributed by atoms with E-state index in [4.69, 9.17) is 23.2 Å². The molecule has 5 nitrogen and oxygen atoms in total. The Morgan fingerprint density at radius 2 is 1.96 bits per heavy atom. The molecule has 0 aliphatic carbocycles. The summed E-state index contributed by atoms with van der Waals surface area (Å²) in [5.41, 5.74) is 0.721. The van der Waals surface area contributed by atoms with Crippen LogP contribution in [0.1, 0.15) is 23.1 Å². The highest BCUT2D eigenvalue weighted by molar-refractivity contribution is 6.36. The Morgan fingerprint density at radius 3 is 2.68 bits per heavy atom. The van der Waals surface area contributed by atoms with E-state index in [1.54, 1.807) is 35.2 Å². The summed E-state index contributed by atoms with van der Waals surface area (Å²) in [6.45, 7) is 2.46. The van der Waals surface area contributed by atoms with Crippen LogP contribution in [0.5, 0.6) is 0 Å². The molecule has 1 heterocycles.